The highest BCUT2D eigenvalue weighted by molar-refractivity contribution is 5.93. The highest BCUT2D eigenvalue weighted by Gasteiger charge is 2.22. The largest absolute Gasteiger partial charge is 0.507 e. The molecule has 0 radical (unpaired) electrons. The zero-order chi connectivity index (χ0) is 19.1. The van der Waals surface area contributed by atoms with Crippen LogP contribution in [0.1, 0.15) is 80.1 Å². The number of hydrogen-bond donors (Lipinski definition) is 1. The lowest BCUT2D eigenvalue weighted by Gasteiger charge is -2.29. The third kappa shape index (κ3) is 5.35. The minimum absolute atomic E-state index is 0.0604. The summed E-state index contributed by atoms with van der Waals surface area (Å²) in [5.41, 5.74) is 1.52. The van der Waals surface area contributed by atoms with E-state index >= 15 is 0 Å². The average molecular weight is 367 g/mol. The number of hydrogen-bond acceptors (Lipinski definition) is 3. The standard InChI is InChI=1S/C24H30O3/c1-2-3-4-7-18-10-12-19(13-11-18)20-14-16-21(17-15-20)27-24(26)22-8-5-6-9-23(22)25/h5-6,8-9,14-19,25H,2-4,7,10-13H2,1H3. The van der Waals surface area contributed by atoms with Gasteiger partial charge < -0.3 is 9.84 Å². The Balaban J connectivity index is 1.52. The highest BCUT2D eigenvalue weighted by Crippen LogP contribution is 2.38. The smallest absolute Gasteiger partial charge is 0.347 e. The topological polar surface area (TPSA) is 46.5 Å². The summed E-state index contributed by atoms with van der Waals surface area (Å²) in [4.78, 5) is 12.2. The molecule has 0 spiro atoms. The van der Waals surface area contributed by atoms with Gasteiger partial charge >= 0.3 is 5.97 Å². The lowest BCUT2D eigenvalue weighted by Crippen LogP contribution is -2.13. The number of esters is 1. The van der Waals surface area contributed by atoms with Gasteiger partial charge in [0.05, 0.1) is 0 Å². The van der Waals surface area contributed by atoms with E-state index in [0.717, 1.165) is 5.92 Å². The van der Waals surface area contributed by atoms with Crippen LogP contribution in [0.2, 0.25) is 0 Å². The molecule has 3 rings (SSSR count). The first-order valence-corrected chi connectivity index (χ1v) is 10.3. The lowest BCUT2D eigenvalue weighted by atomic mass is 9.77. The molecule has 3 nitrogen and oxygen atoms in total. The predicted octanol–water partition coefficient (Wildman–Crippen LogP) is 6.47. The van der Waals surface area contributed by atoms with Gasteiger partial charge in [-0.1, -0.05) is 56.9 Å². The molecule has 0 aliphatic heterocycles. The molecule has 27 heavy (non-hydrogen) atoms. The lowest BCUT2D eigenvalue weighted by molar-refractivity contribution is 0.0731. The van der Waals surface area contributed by atoms with Gasteiger partial charge in [0.1, 0.15) is 17.1 Å². The molecule has 1 aliphatic rings. The van der Waals surface area contributed by atoms with E-state index < -0.39 is 5.97 Å². The average Bonchev–Trinajstić information content (AvgIpc) is 2.70. The Morgan fingerprint density at radius 1 is 1.00 bits per heavy atom. The second-order valence-corrected chi connectivity index (χ2v) is 7.69. The summed E-state index contributed by atoms with van der Waals surface area (Å²) >= 11 is 0. The molecule has 0 heterocycles. The first-order valence-electron chi connectivity index (χ1n) is 10.3. The Labute approximate surface area is 162 Å². The second-order valence-electron chi connectivity index (χ2n) is 7.69. The summed E-state index contributed by atoms with van der Waals surface area (Å²) in [6.45, 7) is 2.26. The van der Waals surface area contributed by atoms with Gasteiger partial charge in [0, 0.05) is 0 Å². The summed E-state index contributed by atoms with van der Waals surface area (Å²) < 4.78 is 5.40. The van der Waals surface area contributed by atoms with E-state index in [-0.39, 0.29) is 11.3 Å². The van der Waals surface area contributed by atoms with Crippen LogP contribution in [0.3, 0.4) is 0 Å². The van der Waals surface area contributed by atoms with Crippen LogP contribution < -0.4 is 4.74 Å². The fraction of sp³-hybridized carbons (Fsp3) is 0.458. The van der Waals surface area contributed by atoms with Crippen molar-refractivity contribution in [2.45, 2.75) is 64.2 Å². The number of benzene rings is 2. The van der Waals surface area contributed by atoms with E-state index in [1.54, 1.807) is 18.2 Å². The third-order valence-electron chi connectivity index (χ3n) is 5.75. The van der Waals surface area contributed by atoms with E-state index in [1.807, 2.05) is 12.1 Å². The van der Waals surface area contributed by atoms with Gasteiger partial charge in [0.2, 0.25) is 0 Å². The van der Waals surface area contributed by atoms with Crippen molar-refractivity contribution in [3.05, 3.63) is 59.7 Å². The minimum Gasteiger partial charge on any atom is -0.507 e. The molecule has 3 heteroatoms. The number of carbonyl (C=O) groups excluding carboxylic acids is 1. The van der Waals surface area contributed by atoms with E-state index in [2.05, 4.69) is 19.1 Å². The first-order chi connectivity index (χ1) is 13.2. The maximum absolute atomic E-state index is 12.2. The molecule has 1 N–H and O–H groups in total. The molecule has 0 bridgehead atoms. The van der Waals surface area contributed by atoms with Crippen LogP contribution in [-0.2, 0) is 0 Å². The van der Waals surface area contributed by atoms with Crippen LogP contribution in [0.25, 0.3) is 0 Å². The number of phenolic OH excluding ortho intramolecular Hbond substituents is 1. The Morgan fingerprint density at radius 2 is 1.70 bits per heavy atom. The van der Waals surface area contributed by atoms with E-state index in [9.17, 15) is 9.90 Å². The van der Waals surface area contributed by atoms with Crippen molar-refractivity contribution in [2.75, 3.05) is 0 Å². The van der Waals surface area contributed by atoms with Crippen molar-refractivity contribution in [3.63, 3.8) is 0 Å². The van der Waals surface area contributed by atoms with Crippen LogP contribution in [-0.4, -0.2) is 11.1 Å². The van der Waals surface area contributed by atoms with Crippen molar-refractivity contribution in [2.24, 2.45) is 5.92 Å². The van der Waals surface area contributed by atoms with Gasteiger partial charge in [0.15, 0.2) is 0 Å². The Morgan fingerprint density at radius 3 is 2.37 bits per heavy atom. The van der Waals surface area contributed by atoms with Crippen LogP contribution >= 0.6 is 0 Å². The van der Waals surface area contributed by atoms with Crippen molar-refractivity contribution in [1.29, 1.82) is 0 Å². The number of phenols is 1. The quantitative estimate of drug-likeness (QED) is 0.347. The molecule has 1 fully saturated rings. The fourth-order valence-electron chi connectivity index (χ4n) is 4.08. The van der Waals surface area contributed by atoms with Crippen molar-refractivity contribution < 1.29 is 14.6 Å². The van der Waals surface area contributed by atoms with E-state index in [0.29, 0.717) is 11.7 Å². The first kappa shape index (κ1) is 19.5. The highest BCUT2D eigenvalue weighted by atomic mass is 16.5. The van der Waals surface area contributed by atoms with Crippen molar-refractivity contribution >= 4 is 5.97 Å². The van der Waals surface area contributed by atoms with Gasteiger partial charge in [0.25, 0.3) is 0 Å². The van der Waals surface area contributed by atoms with Crippen LogP contribution in [0.5, 0.6) is 11.5 Å². The molecule has 0 unspecified atom stereocenters. The number of carbonyl (C=O) groups is 1. The number of para-hydroxylation sites is 1. The summed E-state index contributed by atoms with van der Waals surface area (Å²) in [5.74, 6) is 1.45. The predicted molar refractivity (Wildman–Crippen MR) is 108 cm³/mol. The molecule has 2 aromatic rings. The molecule has 1 saturated carbocycles. The van der Waals surface area contributed by atoms with Gasteiger partial charge in [-0.05, 0) is 67.3 Å². The van der Waals surface area contributed by atoms with Crippen molar-refractivity contribution in [3.8, 4) is 11.5 Å². The molecular formula is C24H30O3. The number of rotatable bonds is 7. The molecule has 0 atom stereocenters. The zero-order valence-corrected chi connectivity index (χ0v) is 16.2. The fourth-order valence-corrected chi connectivity index (χ4v) is 4.08. The van der Waals surface area contributed by atoms with Gasteiger partial charge in [-0.2, -0.15) is 0 Å². The van der Waals surface area contributed by atoms with Gasteiger partial charge in [-0.25, -0.2) is 4.79 Å². The monoisotopic (exact) mass is 366 g/mol. The maximum atomic E-state index is 12.2. The summed E-state index contributed by atoms with van der Waals surface area (Å²) in [6.07, 6.45) is 10.6. The Kier molecular flexibility index (Phi) is 6.92. The summed E-state index contributed by atoms with van der Waals surface area (Å²) in [5, 5.41) is 9.76. The molecule has 0 amide bonds. The Hall–Kier alpha value is -2.29. The number of aromatic hydroxyl groups is 1. The maximum Gasteiger partial charge on any atom is 0.347 e. The molecule has 144 valence electrons. The minimum atomic E-state index is -0.534. The number of unbranched alkanes of at least 4 members (excludes halogenated alkanes) is 2. The van der Waals surface area contributed by atoms with Crippen molar-refractivity contribution in [1.82, 2.24) is 0 Å². The zero-order valence-electron chi connectivity index (χ0n) is 16.2. The van der Waals surface area contributed by atoms with Crippen LogP contribution in [0.15, 0.2) is 48.5 Å². The molecule has 1 aliphatic carbocycles. The molecule has 2 aromatic carbocycles. The Bertz CT molecular complexity index is 728. The third-order valence-corrected chi connectivity index (χ3v) is 5.75. The van der Waals surface area contributed by atoms with Gasteiger partial charge in [-0.15, -0.1) is 0 Å². The second kappa shape index (κ2) is 9.59. The number of ether oxygens (including phenoxy) is 1. The van der Waals surface area contributed by atoms with Crippen LogP contribution in [0.4, 0.5) is 0 Å². The van der Waals surface area contributed by atoms with Crippen LogP contribution in [0, 0.1) is 5.92 Å². The summed E-state index contributed by atoms with van der Waals surface area (Å²) in [7, 11) is 0. The molecular weight excluding hydrogens is 336 g/mol. The molecule has 0 saturated heterocycles. The SMILES string of the molecule is CCCCCC1CCC(c2ccc(OC(=O)c3ccccc3O)cc2)CC1. The molecule has 0 aromatic heterocycles. The van der Waals surface area contributed by atoms with E-state index in [4.69, 9.17) is 4.74 Å². The summed E-state index contributed by atoms with van der Waals surface area (Å²) in [6, 6.07) is 14.3. The normalized spacial score (nSPS) is 19.6. The van der Waals surface area contributed by atoms with Gasteiger partial charge in [-0.3, -0.25) is 0 Å². The van der Waals surface area contributed by atoms with E-state index in [1.165, 1.54) is 63.0 Å².